The Morgan fingerprint density at radius 3 is 1.71 bits per heavy atom. The molecule has 0 saturated heterocycles. The van der Waals surface area contributed by atoms with Crippen molar-refractivity contribution in [3.63, 3.8) is 0 Å². The zero-order valence-electron chi connectivity index (χ0n) is 18.8. The van der Waals surface area contributed by atoms with Crippen molar-refractivity contribution in [1.82, 2.24) is 9.97 Å². The number of ether oxygens (including phenoxy) is 1. The van der Waals surface area contributed by atoms with Crippen LogP contribution in [0.2, 0.25) is 0 Å². The third kappa shape index (κ3) is 5.72. The normalized spacial score (nSPS) is 11.2. The molecule has 0 unspecified atom stereocenters. The molecule has 3 aromatic carbocycles. The minimum absolute atomic E-state index is 0.683. The maximum Gasteiger partial charge on any atom is 0.328 e. The number of carboxylic acid groups (broad SMARTS) is 2. The van der Waals surface area contributed by atoms with E-state index in [9.17, 15) is 9.59 Å². The van der Waals surface area contributed by atoms with Gasteiger partial charge in [0.15, 0.2) is 0 Å². The number of hydrogen-bond acceptors (Lipinski definition) is 4. The Bertz CT molecular complexity index is 1310. The van der Waals surface area contributed by atoms with Gasteiger partial charge in [-0.15, -0.1) is 0 Å². The van der Waals surface area contributed by atoms with Gasteiger partial charge in [0.1, 0.15) is 11.6 Å². The number of nitrogens with zero attached hydrogens (tertiary/aromatic N) is 1. The van der Waals surface area contributed by atoms with Gasteiger partial charge >= 0.3 is 11.9 Å². The number of imidazole rings is 1. The summed E-state index contributed by atoms with van der Waals surface area (Å²) in [5.74, 6) is -0.580. The second-order valence-electron chi connectivity index (χ2n) is 7.62. The molecule has 0 amide bonds. The second-order valence-corrected chi connectivity index (χ2v) is 7.62. The topological polar surface area (TPSA) is 113 Å². The van der Waals surface area contributed by atoms with Crippen molar-refractivity contribution in [2.45, 2.75) is 0 Å². The van der Waals surface area contributed by atoms with Crippen molar-refractivity contribution < 1.29 is 24.5 Å². The summed E-state index contributed by atoms with van der Waals surface area (Å²) in [4.78, 5) is 29.9. The number of carbonyl (C=O) groups is 2. The highest BCUT2D eigenvalue weighted by Gasteiger charge is 2.15. The van der Waals surface area contributed by atoms with Gasteiger partial charge in [0, 0.05) is 28.8 Å². The molecule has 1 aromatic heterocycles. The summed E-state index contributed by atoms with van der Waals surface area (Å²) in [7, 11) is 1.61. The van der Waals surface area contributed by atoms with Crippen LogP contribution >= 0.6 is 0 Å². The first-order valence-corrected chi connectivity index (χ1v) is 10.7. The van der Waals surface area contributed by atoms with E-state index in [2.05, 4.69) is 4.98 Å². The highest BCUT2D eigenvalue weighted by molar-refractivity contribution is 5.87. The van der Waals surface area contributed by atoms with Gasteiger partial charge in [0.05, 0.1) is 18.5 Å². The number of carboxylic acids is 2. The third-order valence-electron chi connectivity index (χ3n) is 5.29. The number of benzene rings is 3. The van der Waals surface area contributed by atoms with Gasteiger partial charge in [-0.1, -0.05) is 48.5 Å². The van der Waals surface area contributed by atoms with Gasteiger partial charge in [0.2, 0.25) is 0 Å². The van der Waals surface area contributed by atoms with Crippen molar-refractivity contribution in [1.29, 1.82) is 0 Å². The smallest absolute Gasteiger partial charge is 0.328 e. The molecular formula is C28H22N2O5. The predicted molar refractivity (Wildman–Crippen MR) is 135 cm³/mol. The Morgan fingerprint density at radius 2 is 1.23 bits per heavy atom. The van der Waals surface area contributed by atoms with Crippen LogP contribution in [0.1, 0.15) is 11.1 Å². The molecule has 35 heavy (non-hydrogen) atoms. The van der Waals surface area contributed by atoms with Crippen LogP contribution in [-0.2, 0) is 9.59 Å². The maximum atomic E-state index is 10.8. The molecular weight excluding hydrogens is 444 g/mol. The van der Waals surface area contributed by atoms with Gasteiger partial charge in [-0.05, 0) is 47.5 Å². The lowest BCUT2D eigenvalue weighted by Gasteiger charge is -2.05. The summed E-state index contributed by atoms with van der Waals surface area (Å²) in [6, 6.07) is 22.5. The molecule has 0 aliphatic carbocycles. The molecule has 7 heteroatoms. The monoisotopic (exact) mass is 466 g/mol. The van der Waals surface area contributed by atoms with E-state index < -0.39 is 11.9 Å². The molecule has 0 aliphatic heterocycles. The zero-order valence-corrected chi connectivity index (χ0v) is 18.8. The molecule has 0 bridgehead atoms. The van der Waals surface area contributed by atoms with E-state index in [-0.39, 0.29) is 0 Å². The van der Waals surface area contributed by atoms with Crippen molar-refractivity contribution in [2.75, 3.05) is 7.11 Å². The Hall–Kier alpha value is -4.91. The molecule has 4 rings (SSSR count). The molecule has 174 valence electrons. The zero-order chi connectivity index (χ0) is 24.8. The highest BCUT2D eigenvalue weighted by Crippen LogP contribution is 2.34. The fourth-order valence-electron chi connectivity index (χ4n) is 3.52. The molecule has 0 saturated carbocycles. The minimum Gasteiger partial charge on any atom is -0.497 e. The van der Waals surface area contributed by atoms with Gasteiger partial charge in [0.25, 0.3) is 0 Å². The summed E-state index contributed by atoms with van der Waals surface area (Å²) < 4.78 is 5.25. The summed E-state index contributed by atoms with van der Waals surface area (Å²) in [5.41, 5.74) is 5.70. The summed E-state index contributed by atoms with van der Waals surface area (Å²) in [5, 5.41) is 17.7. The highest BCUT2D eigenvalue weighted by atomic mass is 16.5. The SMILES string of the molecule is COc1ccc(-c2nc(-c3ccc(C=CC(=O)O)cc3)c(-c3ccc(C=CC(=O)O)cc3)[nH]2)cc1. The van der Waals surface area contributed by atoms with Gasteiger partial charge in [-0.25, -0.2) is 14.6 Å². The van der Waals surface area contributed by atoms with Crippen molar-refractivity contribution in [2.24, 2.45) is 0 Å². The molecule has 0 spiro atoms. The number of methoxy groups -OCH3 is 1. The Kier molecular flexibility index (Phi) is 6.88. The fraction of sp³-hybridized carbons (Fsp3) is 0.0357. The standard InChI is InChI=1S/C28H22N2O5/c1-35-23-14-12-22(13-15-23)28-29-26(20-8-2-18(3-9-20)6-16-24(31)32)27(30-28)21-10-4-19(5-11-21)7-17-25(33)34/h2-17H,1H3,(H,29,30)(H,31,32)(H,33,34). The lowest BCUT2D eigenvalue weighted by atomic mass is 10.0. The minimum atomic E-state index is -1.01. The molecule has 4 aromatic rings. The first-order chi connectivity index (χ1) is 16.9. The number of hydrogen-bond donors (Lipinski definition) is 3. The Balaban J connectivity index is 1.76. The van der Waals surface area contributed by atoms with Crippen LogP contribution in [0.5, 0.6) is 5.75 Å². The van der Waals surface area contributed by atoms with E-state index in [4.69, 9.17) is 19.9 Å². The van der Waals surface area contributed by atoms with Crippen molar-refractivity contribution in [3.8, 4) is 39.7 Å². The molecule has 0 aliphatic rings. The van der Waals surface area contributed by atoms with E-state index in [1.54, 1.807) is 7.11 Å². The van der Waals surface area contributed by atoms with Crippen molar-refractivity contribution in [3.05, 3.63) is 96.1 Å². The largest absolute Gasteiger partial charge is 0.497 e. The molecule has 0 fully saturated rings. The van der Waals surface area contributed by atoms with E-state index in [1.807, 2.05) is 72.8 Å². The summed E-state index contributed by atoms with van der Waals surface area (Å²) in [6.45, 7) is 0. The number of aromatic amines is 1. The number of aliphatic carboxylic acids is 2. The summed E-state index contributed by atoms with van der Waals surface area (Å²) in [6.07, 6.45) is 5.26. The molecule has 0 radical (unpaired) electrons. The number of nitrogens with one attached hydrogen (secondary N) is 1. The molecule has 7 nitrogen and oxygen atoms in total. The van der Waals surface area contributed by atoms with Crippen LogP contribution < -0.4 is 4.74 Å². The summed E-state index contributed by atoms with van der Waals surface area (Å²) >= 11 is 0. The maximum absolute atomic E-state index is 10.8. The average molecular weight is 466 g/mol. The Morgan fingerprint density at radius 1 is 0.743 bits per heavy atom. The quantitative estimate of drug-likeness (QED) is 0.291. The average Bonchev–Trinajstić information content (AvgIpc) is 3.32. The number of rotatable bonds is 8. The van der Waals surface area contributed by atoms with E-state index in [1.165, 1.54) is 12.2 Å². The predicted octanol–water partition coefficient (Wildman–Crippen LogP) is 5.61. The first kappa shape index (κ1) is 23.3. The Labute approximate surface area is 201 Å². The van der Waals surface area contributed by atoms with Gasteiger partial charge < -0.3 is 19.9 Å². The van der Waals surface area contributed by atoms with Crippen LogP contribution in [0.4, 0.5) is 0 Å². The lowest BCUT2D eigenvalue weighted by Crippen LogP contribution is -1.87. The second kappa shape index (κ2) is 10.4. The first-order valence-electron chi connectivity index (χ1n) is 10.7. The molecule has 0 atom stereocenters. The van der Waals surface area contributed by atoms with E-state index in [0.29, 0.717) is 5.82 Å². The number of H-pyrrole nitrogens is 1. The van der Waals surface area contributed by atoms with E-state index >= 15 is 0 Å². The molecule has 1 heterocycles. The fourth-order valence-corrected chi connectivity index (χ4v) is 3.52. The van der Waals surface area contributed by atoms with Crippen LogP contribution in [0.3, 0.4) is 0 Å². The lowest BCUT2D eigenvalue weighted by molar-refractivity contribution is -0.132. The van der Waals surface area contributed by atoms with Crippen LogP contribution in [0.25, 0.3) is 46.1 Å². The van der Waals surface area contributed by atoms with Crippen LogP contribution in [-0.4, -0.2) is 39.2 Å². The third-order valence-corrected chi connectivity index (χ3v) is 5.29. The van der Waals surface area contributed by atoms with Gasteiger partial charge in [-0.3, -0.25) is 0 Å². The van der Waals surface area contributed by atoms with Crippen LogP contribution in [0.15, 0.2) is 84.9 Å². The number of aromatic nitrogens is 2. The van der Waals surface area contributed by atoms with Crippen LogP contribution in [0, 0.1) is 0 Å². The van der Waals surface area contributed by atoms with E-state index in [0.717, 1.165) is 57.1 Å². The molecule has 3 N–H and O–H groups in total. The van der Waals surface area contributed by atoms with Crippen molar-refractivity contribution >= 4 is 24.1 Å². The van der Waals surface area contributed by atoms with Gasteiger partial charge in [-0.2, -0.15) is 0 Å².